The predicted molar refractivity (Wildman–Crippen MR) is 91.0 cm³/mol. The second-order valence-electron chi connectivity index (χ2n) is 6.78. The van der Waals surface area contributed by atoms with E-state index in [0.29, 0.717) is 18.5 Å². The van der Waals surface area contributed by atoms with E-state index in [1.807, 2.05) is 4.90 Å². The van der Waals surface area contributed by atoms with Crippen LogP contribution in [0.25, 0.3) is 0 Å². The molecule has 0 unspecified atom stereocenters. The average molecular weight is 324 g/mol. The van der Waals surface area contributed by atoms with Gasteiger partial charge in [-0.05, 0) is 45.2 Å². The average Bonchev–Trinajstić information content (AvgIpc) is 3.17. The predicted octanol–water partition coefficient (Wildman–Crippen LogP) is 1.69. The minimum absolute atomic E-state index is 0.0581. The Morgan fingerprint density at radius 3 is 2.52 bits per heavy atom. The number of rotatable bonds is 7. The molecule has 3 N–H and O–H groups in total. The summed E-state index contributed by atoms with van der Waals surface area (Å²) in [6.07, 6.45) is 7.11. The van der Waals surface area contributed by atoms with Crippen molar-refractivity contribution in [2.75, 3.05) is 19.6 Å². The third kappa shape index (κ3) is 4.37. The van der Waals surface area contributed by atoms with Crippen molar-refractivity contribution in [1.29, 1.82) is 0 Å². The van der Waals surface area contributed by atoms with Crippen LogP contribution in [0.15, 0.2) is 0 Å². The van der Waals surface area contributed by atoms with Gasteiger partial charge in [0.15, 0.2) is 0 Å². The topological polar surface area (TPSA) is 78.7 Å². The lowest BCUT2D eigenvalue weighted by atomic mass is 10.0. The highest BCUT2D eigenvalue weighted by atomic mass is 16.2. The molecule has 2 fully saturated rings. The lowest BCUT2D eigenvalue weighted by molar-refractivity contribution is -0.135. The number of likely N-dealkylation sites (tertiary alicyclic amines) is 2. The molecule has 0 aliphatic carbocycles. The van der Waals surface area contributed by atoms with E-state index in [-0.39, 0.29) is 5.91 Å². The molecule has 0 bridgehead atoms. The number of unbranched alkanes of at least 4 members (excludes halogenated alkanes) is 1. The molecule has 132 valence electrons. The molecule has 0 aromatic carbocycles. The Kier molecular flexibility index (Phi) is 6.69. The molecule has 0 radical (unpaired) electrons. The highest BCUT2D eigenvalue weighted by Crippen LogP contribution is 2.30. The minimum Gasteiger partial charge on any atom is -0.352 e. The van der Waals surface area contributed by atoms with Crippen LogP contribution >= 0.6 is 0 Å². The van der Waals surface area contributed by atoms with Crippen molar-refractivity contribution in [3.05, 3.63) is 0 Å². The second-order valence-corrected chi connectivity index (χ2v) is 6.78. The standard InChI is InChI=1S/C17H32N4O2/c1-3-5-8-13(19-17(18)23)16(22)21-12-7-10-15(21)14-9-6-11-20(14)4-2/h13-15H,3-12H2,1-2H3,(H3,18,19,23)/t13-,14+,15-/m0/s1. The number of nitrogens with two attached hydrogens (primary N) is 1. The summed E-state index contributed by atoms with van der Waals surface area (Å²) in [5, 5.41) is 2.66. The van der Waals surface area contributed by atoms with Crippen LogP contribution in [0.2, 0.25) is 0 Å². The van der Waals surface area contributed by atoms with Crippen LogP contribution in [0, 0.1) is 0 Å². The lowest BCUT2D eigenvalue weighted by Gasteiger charge is -2.36. The van der Waals surface area contributed by atoms with Crippen LogP contribution in [-0.2, 0) is 4.79 Å². The quantitative estimate of drug-likeness (QED) is 0.748. The van der Waals surface area contributed by atoms with Crippen molar-refractivity contribution in [2.24, 2.45) is 5.73 Å². The maximum atomic E-state index is 13.0. The van der Waals surface area contributed by atoms with Crippen LogP contribution in [0.3, 0.4) is 0 Å². The van der Waals surface area contributed by atoms with Gasteiger partial charge in [-0.25, -0.2) is 4.79 Å². The van der Waals surface area contributed by atoms with Gasteiger partial charge in [0.2, 0.25) is 5.91 Å². The Labute approximate surface area is 139 Å². The molecular weight excluding hydrogens is 292 g/mol. The van der Waals surface area contributed by atoms with Gasteiger partial charge < -0.3 is 16.0 Å². The molecule has 2 aliphatic heterocycles. The lowest BCUT2D eigenvalue weighted by Crippen LogP contribution is -2.55. The number of likely N-dealkylation sites (N-methyl/N-ethyl adjacent to an activating group) is 1. The maximum Gasteiger partial charge on any atom is 0.312 e. The molecule has 23 heavy (non-hydrogen) atoms. The summed E-state index contributed by atoms with van der Waals surface area (Å²) in [6, 6.07) is -0.300. The third-order valence-corrected chi connectivity index (χ3v) is 5.31. The van der Waals surface area contributed by atoms with Gasteiger partial charge in [0.25, 0.3) is 0 Å². The van der Waals surface area contributed by atoms with Gasteiger partial charge in [0, 0.05) is 18.6 Å². The molecule has 0 aromatic rings. The van der Waals surface area contributed by atoms with Gasteiger partial charge in [0.1, 0.15) is 6.04 Å². The Balaban J connectivity index is 2.06. The molecule has 0 spiro atoms. The Morgan fingerprint density at radius 1 is 1.17 bits per heavy atom. The summed E-state index contributed by atoms with van der Waals surface area (Å²) in [5.41, 5.74) is 5.27. The highest BCUT2D eigenvalue weighted by Gasteiger charge is 2.40. The number of nitrogens with zero attached hydrogens (tertiary/aromatic N) is 2. The van der Waals surface area contributed by atoms with E-state index in [2.05, 4.69) is 24.1 Å². The summed E-state index contributed by atoms with van der Waals surface area (Å²) in [7, 11) is 0. The Morgan fingerprint density at radius 2 is 1.87 bits per heavy atom. The molecule has 2 aliphatic rings. The summed E-state index contributed by atoms with van der Waals surface area (Å²) in [4.78, 5) is 28.8. The fourth-order valence-corrected chi connectivity index (χ4v) is 4.18. The van der Waals surface area contributed by atoms with Crippen molar-refractivity contribution < 1.29 is 9.59 Å². The van der Waals surface area contributed by atoms with E-state index in [1.54, 1.807) is 0 Å². The van der Waals surface area contributed by atoms with Crippen molar-refractivity contribution in [3.8, 4) is 0 Å². The monoisotopic (exact) mass is 324 g/mol. The molecule has 3 amide bonds. The molecule has 2 rings (SSSR count). The third-order valence-electron chi connectivity index (χ3n) is 5.31. The van der Waals surface area contributed by atoms with Crippen LogP contribution in [0.5, 0.6) is 0 Å². The summed E-state index contributed by atoms with van der Waals surface area (Å²) >= 11 is 0. The largest absolute Gasteiger partial charge is 0.352 e. The van der Waals surface area contributed by atoms with E-state index in [1.165, 1.54) is 12.8 Å². The number of urea groups is 1. The zero-order valence-corrected chi connectivity index (χ0v) is 14.6. The summed E-state index contributed by atoms with van der Waals surface area (Å²) in [6.45, 7) is 7.27. The smallest absolute Gasteiger partial charge is 0.312 e. The zero-order chi connectivity index (χ0) is 16.8. The molecule has 0 aromatic heterocycles. The van der Waals surface area contributed by atoms with Crippen LogP contribution in [0.1, 0.15) is 58.8 Å². The number of carbonyl (C=O) groups is 2. The number of amides is 3. The van der Waals surface area contributed by atoms with Crippen molar-refractivity contribution in [2.45, 2.75) is 76.9 Å². The first-order chi connectivity index (χ1) is 11.1. The van der Waals surface area contributed by atoms with Gasteiger partial charge in [0.05, 0.1) is 0 Å². The van der Waals surface area contributed by atoms with Crippen LogP contribution in [0.4, 0.5) is 4.79 Å². The molecule has 6 nitrogen and oxygen atoms in total. The van der Waals surface area contributed by atoms with Gasteiger partial charge in [-0.15, -0.1) is 0 Å². The summed E-state index contributed by atoms with van der Waals surface area (Å²) in [5.74, 6) is 0.0581. The summed E-state index contributed by atoms with van der Waals surface area (Å²) < 4.78 is 0. The fraction of sp³-hybridized carbons (Fsp3) is 0.882. The van der Waals surface area contributed by atoms with E-state index < -0.39 is 12.1 Å². The first kappa shape index (κ1) is 18.0. The fourth-order valence-electron chi connectivity index (χ4n) is 4.18. The number of hydrogen-bond donors (Lipinski definition) is 2. The number of nitrogens with one attached hydrogen (secondary N) is 1. The van der Waals surface area contributed by atoms with Gasteiger partial charge in [-0.2, -0.15) is 0 Å². The molecule has 2 saturated heterocycles. The van der Waals surface area contributed by atoms with Gasteiger partial charge >= 0.3 is 6.03 Å². The number of hydrogen-bond acceptors (Lipinski definition) is 3. The van der Waals surface area contributed by atoms with Gasteiger partial charge in [-0.3, -0.25) is 9.69 Å². The van der Waals surface area contributed by atoms with Gasteiger partial charge in [-0.1, -0.05) is 26.7 Å². The van der Waals surface area contributed by atoms with E-state index in [9.17, 15) is 9.59 Å². The van der Waals surface area contributed by atoms with Crippen molar-refractivity contribution in [3.63, 3.8) is 0 Å². The van der Waals surface area contributed by atoms with Crippen LogP contribution < -0.4 is 11.1 Å². The number of carbonyl (C=O) groups excluding carboxylic acids is 2. The normalized spacial score (nSPS) is 26.4. The Hall–Kier alpha value is -1.30. The van der Waals surface area contributed by atoms with E-state index in [0.717, 1.165) is 45.3 Å². The highest BCUT2D eigenvalue weighted by molar-refractivity contribution is 5.87. The molecule has 3 atom stereocenters. The number of primary amides is 1. The molecule has 2 heterocycles. The molecule has 6 heteroatoms. The zero-order valence-electron chi connectivity index (χ0n) is 14.6. The van der Waals surface area contributed by atoms with E-state index >= 15 is 0 Å². The molecular formula is C17H32N4O2. The van der Waals surface area contributed by atoms with Crippen molar-refractivity contribution in [1.82, 2.24) is 15.1 Å². The first-order valence-electron chi connectivity index (χ1n) is 9.19. The first-order valence-corrected chi connectivity index (χ1v) is 9.19. The second kappa shape index (κ2) is 8.52. The Bertz CT molecular complexity index is 415. The minimum atomic E-state index is -0.605. The molecule has 0 saturated carbocycles. The van der Waals surface area contributed by atoms with Crippen molar-refractivity contribution >= 4 is 11.9 Å². The van der Waals surface area contributed by atoms with Crippen LogP contribution in [-0.4, -0.2) is 59.5 Å². The maximum absolute atomic E-state index is 13.0. The SMILES string of the molecule is CCCC[C@H](NC(N)=O)C(=O)N1CCC[C@H]1[C@H]1CCCN1CC. The van der Waals surface area contributed by atoms with E-state index in [4.69, 9.17) is 5.73 Å².